The molecule has 1 heterocycles. The van der Waals surface area contributed by atoms with Gasteiger partial charge in [-0.25, -0.2) is 0 Å². The summed E-state index contributed by atoms with van der Waals surface area (Å²) in [5.41, 5.74) is 4.90. The molecule has 17 heavy (non-hydrogen) atoms. The lowest BCUT2D eigenvalue weighted by Gasteiger charge is -2.34. The summed E-state index contributed by atoms with van der Waals surface area (Å²) in [6.45, 7) is 1.36. The van der Waals surface area contributed by atoms with Gasteiger partial charge in [-0.2, -0.15) is 0 Å². The van der Waals surface area contributed by atoms with E-state index in [2.05, 4.69) is 5.32 Å². The molecule has 1 aliphatic heterocycles. The van der Waals surface area contributed by atoms with Gasteiger partial charge in [-0.3, -0.25) is 9.00 Å². The first-order valence-corrected chi connectivity index (χ1v) is 7.58. The van der Waals surface area contributed by atoms with Gasteiger partial charge in [-0.15, -0.1) is 0 Å². The number of amides is 1. The van der Waals surface area contributed by atoms with Crippen LogP contribution < -0.4 is 11.1 Å². The van der Waals surface area contributed by atoms with Crippen molar-refractivity contribution in [2.75, 3.05) is 31.8 Å². The molecule has 1 atom stereocenters. The van der Waals surface area contributed by atoms with Crippen LogP contribution in [0.5, 0.6) is 0 Å². The van der Waals surface area contributed by atoms with Gasteiger partial charge < -0.3 is 15.8 Å². The Morgan fingerprint density at radius 1 is 1.53 bits per heavy atom. The van der Waals surface area contributed by atoms with Crippen LogP contribution in [0.1, 0.15) is 12.8 Å². The molecule has 0 aromatic carbocycles. The highest BCUT2D eigenvalue weighted by Crippen LogP contribution is 2.31. The highest BCUT2D eigenvalue weighted by atomic mass is 32.2. The summed E-state index contributed by atoms with van der Waals surface area (Å²) in [5, 5.41) is 2.75. The summed E-state index contributed by atoms with van der Waals surface area (Å²) in [6, 6.07) is 0. The molecule has 1 saturated heterocycles. The Kier molecular flexibility index (Phi) is 5.48. The summed E-state index contributed by atoms with van der Waals surface area (Å²) in [6.07, 6.45) is 2.64. The Bertz CT molecular complexity index is 328. The average Bonchev–Trinajstić information content (AvgIpc) is 2.29. The smallest absolute Gasteiger partial charge is 0.233 e. The third kappa shape index (κ3) is 3.72. The van der Waals surface area contributed by atoms with Crippen molar-refractivity contribution in [3.8, 4) is 0 Å². The van der Waals surface area contributed by atoms with Gasteiger partial charge in [-0.1, -0.05) is 12.2 Å². The minimum Gasteiger partial charge on any atom is -0.392 e. The van der Waals surface area contributed by atoms with E-state index in [0.717, 1.165) is 0 Å². The van der Waals surface area contributed by atoms with Crippen LogP contribution in [0, 0.1) is 5.41 Å². The van der Waals surface area contributed by atoms with E-state index in [0.29, 0.717) is 38.4 Å². The Hall–Kier alpha value is -0.530. The second-order valence-corrected chi connectivity index (χ2v) is 6.09. The quantitative estimate of drug-likeness (QED) is 0.667. The number of nitrogens with one attached hydrogen (secondary N) is 1. The first kappa shape index (κ1) is 14.5. The van der Waals surface area contributed by atoms with Gasteiger partial charge in [0.25, 0.3) is 0 Å². The number of thiocarbonyl (C=S) groups is 1. The molecular weight excluding hydrogens is 260 g/mol. The van der Waals surface area contributed by atoms with Crippen molar-refractivity contribution in [3.05, 3.63) is 0 Å². The molecule has 1 amide bonds. The second-order valence-electron chi connectivity index (χ2n) is 4.09. The second kappa shape index (κ2) is 6.42. The molecule has 1 aliphatic rings. The summed E-state index contributed by atoms with van der Waals surface area (Å²) < 4.78 is 16.1. The van der Waals surface area contributed by atoms with Gasteiger partial charge in [0.2, 0.25) is 5.91 Å². The molecule has 7 heteroatoms. The van der Waals surface area contributed by atoms with Crippen molar-refractivity contribution in [2.45, 2.75) is 12.8 Å². The fourth-order valence-electron chi connectivity index (χ4n) is 1.78. The first-order chi connectivity index (χ1) is 7.99. The fraction of sp³-hybridized carbons (Fsp3) is 0.800. The maximum Gasteiger partial charge on any atom is 0.233 e. The minimum absolute atomic E-state index is 0.168. The SMILES string of the molecule is CS(=O)CCNC(=O)C1(C(N)=S)CCOCC1. The largest absolute Gasteiger partial charge is 0.392 e. The standard InChI is InChI=1S/C10H18N2O3S2/c1-17(14)7-4-12-9(13)10(8(11)16)2-5-15-6-3-10/h2-7H2,1H3,(H2,11,16)(H,12,13). The van der Waals surface area contributed by atoms with Gasteiger partial charge in [0.15, 0.2) is 0 Å². The van der Waals surface area contributed by atoms with Crippen LogP contribution in [0.25, 0.3) is 0 Å². The summed E-state index contributed by atoms with van der Waals surface area (Å²) in [5.74, 6) is 0.272. The number of nitrogens with two attached hydrogens (primary N) is 1. The van der Waals surface area contributed by atoms with Gasteiger partial charge in [0.1, 0.15) is 5.41 Å². The fourth-order valence-corrected chi connectivity index (χ4v) is 2.47. The Morgan fingerprint density at radius 3 is 2.59 bits per heavy atom. The molecule has 1 rings (SSSR count). The van der Waals surface area contributed by atoms with Gasteiger partial charge in [0, 0.05) is 42.6 Å². The summed E-state index contributed by atoms with van der Waals surface area (Å²) >= 11 is 5.01. The molecule has 0 aliphatic carbocycles. The van der Waals surface area contributed by atoms with Crippen LogP contribution in [-0.4, -0.2) is 46.9 Å². The minimum atomic E-state index is -0.915. The lowest BCUT2D eigenvalue weighted by atomic mass is 9.79. The van der Waals surface area contributed by atoms with Crippen molar-refractivity contribution < 1.29 is 13.7 Å². The highest BCUT2D eigenvalue weighted by Gasteiger charge is 2.42. The van der Waals surface area contributed by atoms with Crippen molar-refractivity contribution in [2.24, 2.45) is 11.1 Å². The monoisotopic (exact) mass is 278 g/mol. The molecule has 0 radical (unpaired) electrons. The molecule has 98 valence electrons. The number of hydrogen-bond acceptors (Lipinski definition) is 4. The predicted octanol–water partition coefficient (Wildman–Crippen LogP) is -0.436. The van der Waals surface area contributed by atoms with Gasteiger partial charge in [0.05, 0.1) is 4.99 Å². The zero-order valence-electron chi connectivity index (χ0n) is 9.86. The summed E-state index contributed by atoms with van der Waals surface area (Å²) in [4.78, 5) is 12.3. The molecule has 1 unspecified atom stereocenters. The van der Waals surface area contributed by atoms with Crippen LogP contribution in [-0.2, 0) is 20.3 Å². The van der Waals surface area contributed by atoms with E-state index in [4.69, 9.17) is 22.7 Å². The average molecular weight is 278 g/mol. The number of hydrogen-bond donors (Lipinski definition) is 2. The van der Waals surface area contributed by atoms with Crippen molar-refractivity contribution in [1.82, 2.24) is 5.32 Å². The molecule has 1 fully saturated rings. The van der Waals surface area contributed by atoms with Crippen LogP contribution in [0.15, 0.2) is 0 Å². The van der Waals surface area contributed by atoms with Crippen molar-refractivity contribution >= 4 is 33.9 Å². The maximum atomic E-state index is 12.1. The number of carbonyl (C=O) groups excluding carboxylic acids is 1. The van der Waals surface area contributed by atoms with Gasteiger partial charge >= 0.3 is 0 Å². The molecule has 0 aromatic rings. The van der Waals surface area contributed by atoms with E-state index in [9.17, 15) is 9.00 Å². The van der Waals surface area contributed by atoms with E-state index >= 15 is 0 Å². The molecule has 5 nitrogen and oxygen atoms in total. The number of ether oxygens (including phenoxy) is 1. The Morgan fingerprint density at radius 2 is 2.12 bits per heavy atom. The molecular formula is C10H18N2O3S2. The Labute approximate surface area is 109 Å². The predicted molar refractivity (Wildman–Crippen MR) is 71.2 cm³/mol. The lowest BCUT2D eigenvalue weighted by molar-refractivity contribution is -0.131. The van der Waals surface area contributed by atoms with Crippen molar-refractivity contribution in [1.29, 1.82) is 0 Å². The van der Waals surface area contributed by atoms with Crippen LogP contribution >= 0.6 is 12.2 Å². The van der Waals surface area contributed by atoms with E-state index in [1.54, 1.807) is 6.26 Å². The van der Waals surface area contributed by atoms with E-state index in [-0.39, 0.29) is 10.9 Å². The normalized spacial score (nSPS) is 20.5. The summed E-state index contributed by atoms with van der Waals surface area (Å²) in [7, 11) is -0.915. The van der Waals surface area contributed by atoms with Crippen LogP contribution in [0.4, 0.5) is 0 Å². The molecule has 0 saturated carbocycles. The van der Waals surface area contributed by atoms with E-state index < -0.39 is 16.2 Å². The molecule has 0 aromatic heterocycles. The topological polar surface area (TPSA) is 81.4 Å². The molecule has 0 spiro atoms. The zero-order chi connectivity index (χ0) is 12.9. The zero-order valence-corrected chi connectivity index (χ0v) is 11.5. The third-order valence-electron chi connectivity index (χ3n) is 2.93. The van der Waals surface area contributed by atoms with Crippen LogP contribution in [0.3, 0.4) is 0 Å². The van der Waals surface area contributed by atoms with E-state index in [1.165, 1.54) is 0 Å². The number of carbonyl (C=O) groups is 1. The highest BCUT2D eigenvalue weighted by molar-refractivity contribution is 7.84. The number of rotatable bonds is 5. The van der Waals surface area contributed by atoms with Gasteiger partial charge in [-0.05, 0) is 12.8 Å². The molecule has 3 N–H and O–H groups in total. The van der Waals surface area contributed by atoms with Crippen molar-refractivity contribution in [3.63, 3.8) is 0 Å². The Balaban J connectivity index is 2.61. The third-order valence-corrected chi connectivity index (χ3v) is 4.10. The van der Waals surface area contributed by atoms with E-state index in [1.807, 2.05) is 0 Å². The van der Waals surface area contributed by atoms with Crippen LogP contribution in [0.2, 0.25) is 0 Å². The molecule has 0 bridgehead atoms. The maximum absolute atomic E-state index is 12.1. The first-order valence-electron chi connectivity index (χ1n) is 5.45. The lowest BCUT2D eigenvalue weighted by Crippen LogP contribution is -2.52.